The maximum Gasteiger partial charge on any atom is 0.320 e. The minimum Gasteiger partial charge on any atom is -0.480 e. The van der Waals surface area contributed by atoms with Crippen molar-refractivity contribution in [1.82, 2.24) is 4.90 Å². The number of hydrogen-bond donors (Lipinski definition) is 2. The van der Waals surface area contributed by atoms with Gasteiger partial charge in [0.05, 0.1) is 0 Å². The molecule has 0 aromatic carbocycles. The lowest BCUT2D eigenvalue weighted by Gasteiger charge is -2.37. The lowest BCUT2D eigenvalue weighted by Crippen LogP contribution is -2.52. The molecule has 0 saturated carbocycles. The third-order valence-electron chi connectivity index (χ3n) is 2.02. The molecule has 11 heavy (non-hydrogen) atoms. The molecule has 0 amide bonds. The van der Waals surface area contributed by atoms with E-state index in [1.165, 1.54) is 0 Å². The summed E-state index contributed by atoms with van der Waals surface area (Å²) in [4.78, 5) is 12.3. The number of aliphatic hydroxyl groups is 1. The predicted octanol–water partition coefficient (Wildman–Crippen LogP) is -0.472. The zero-order valence-electron chi connectivity index (χ0n) is 6.36. The molecule has 4 heteroatoms. The number of carboxylic acid groups (broad SMARTS) is 1. The molecule has 1 fully saturated rings. The molecular formula is C7H13NO3. The van der Waals surface area contributed by atoms with E-state index in [-0.39, 0.29) is 12.6 Å². The van der Waals surface area contributed by atoms with Gasteiger partial charge < -0.3 is 10.2 Å². The normalized spacial score (nSPS) is 24.6. The van der Waals surface area contributed by atoms with Crippen molar-refractivity contribution >= 4 is 5.97 Å². The van der Waals surface area contributed by atoms with E-state index >= 15 is 0 Å². The van der Waals surface area contributed by atoms with Crippen LogP contribution in [0.4, 0.5) is 0 Å². The Kier molecular flexibility index (Phi) is 2.84. The summed E-state index contributed by atoms with van der Waals surface area (Å²) in [5.74, 6) is -0.741. The Morgan fingerprint density at radius 1 is 1.64 bits per heavy atom. The number of nitrogens with zero attached hydrogens (tertiary/aromatic N) is 1. The number of aliphatic hydroxyl groups excluding tert-OH is 1. The highest BCUT2D eigenvalue weighted by atomic mass is 16.4. The first-order valence-corrected chi connectivity index (χ1v) is 3.83. The highest BCUT2D eigenvalue weighted by Crippen LogP contribution is 2.16. The van der Waals surface area contributed by atoms with E-state index in [9.17, 15) is 4.79 Å². The van der Waals surface area contributed by atoms with Gasteiger partial charge in [0.1, 0.15) is 6.04 Å². The first-order valence-electron chi connectivity index (χ1n) is 3.83. The topological polar surface area (TPSA) is 60.8 Å². The van der Waals surface area contributed by atoms with Crippen LogP contribution < -0.4 is 0 Å². The molecule has 0 aliphatic carbocycles. The quantitative estimate of drug-likeness (QED) is 0.582. The molecule has 2 N–H and O–H groups in total. The van der Waals surface area contributed by atoms with Crippen molar-refractivity contribution < 1.29 is 15.0 Å². The lowest BCUT2D eigenvalue weighted by atomic mass is 10.0. The van der Waals surface area contributed by atoms with Gasteiger partial charge >= 0.3 is 5.97 Å². The average Bonchev–Trinajstić information content (AvgIpc) is 1.84. The molecule has 0 spiro atoms. The van der Waals surface area contributed by atoms with Crippen molar-refractivity contribution in [2.24, 2.45) is 0 Å². The second-order valence-electron chi connectivity index (χ2n) is 2.76. The van der Waals surface area contributed by atoms with Gasteiger partial charge in [0, 0.05) is 19.7 Å². The molecule has 0 unspecified atom stereocenters. The fourth-order valence-corrected chi connectivity index (χ4v) is 1.26. The zero-order chi connectivity index (χ0) is 8.27. The van der Waals surface area contributed by atoms with Gasteiger partial charge in [-0.25, -0.2) is 0 Å². The van der Waals surface area contributed by atoms with E-state index in [4.69, 9.17) is 10.2 Å². The van der Waals surface area contributed by atoms with Crippen LogP contribution in [0.2, 0.25) is 0 Å². The number of rotatable bonds is 4. The van der Waals surface area contributed by atoms with Crippen LogP contribution in [0.5, 0.6) is 0 Å². The van der Waals surface area contributed by atoms with E-state index in [2.05, 4.69) is 0 Å². The average molecular weight is 159 g/mol. The molecular weight excluding hydrogens is 146 g/mol. The number of likely N-dealkylation sites (tertiary alicyclic amines) is 1. The maximum absolute atomic E-state index is 10.5. The summed E-state index contributed by atoms with van der Waals surface area (Å²) >= 11 is 0. The van der Waals surface area contributed by atoms with Gasteiger partial charge in [0.2, 0.25) is 0 Å². The summed E-state index contributed by atoms with van der Waals surface area (Å²) in [6, 6.07) is -0.290. The summed E-state index contributed by atoms with van der Waals surface area (Å²) in [5, 5.41) is 17.1. The van der Waals surface area contributed by atoms with Crippen LogP contribution in [0.25, 0.3) is 0 Å². The van der Waals surface area contributed by atoms with E-state index in [1.54, 1.807) is 0 Å². The van der Waals surface area contributed by atoms with Crippen molar-refractivity contribution in [2.75, 3.05) is 19.7 Å². The molecule has 0 bridgehead atoms. The van der Waals surface area contributed by atoms with Gasteiger partial charge in [-0.1, -0.05) is 0 Å². The van der Waals surface area contributed by atoms with Crippen LogP contribution in [0.15, 0.2) is 0 Å². The Hall–Kier alpha value is -0.610. The highest BCUT2D eigenvalue weighted by Gasteiger charge is 2.32. The van der Waals surface area contributed by atoms with E-state index in [1.807, 2.05) is 4.90 Å². The SMILES string of the molecule is O=C(O)[C@@H]1CCN1CCCO. The van der Waals surface area contributed by atoms with Crippen LogP contribution >= 0.6 is 0 Å². The van der Waals surface area contributed by atoms with E-state index in [0.717, 1.165) is 13.0 Å². The van der Waals surface area contributed by atoms with Crippen LogP contribution in [0, 0.1) is 0 Å². The molecule has 1 aliphatic heterocycles. The first kappa shape index (κ1) is 8.49. The summed E-state index contributed by atoms with van der Waals surface area (Å²) in [5.41, 5.74) is 0. The molecule has 1 rings (SSSR count). The van der Waals surface area contributed by atoms with Crippen LogP contribution in [0.1, 0.15) is 12.8 Å². The van der Waals surface area contributed by atoms with Crippen LogP contribution in [0.3, 0.4) is 0 Å². The van der Waals surface area contributed by atoms with Gasteiger partial charge in [-0.15, -0.1) is 0 Å². The van der Waals surface area contributed by atoms with Gasteiger partial charge in [-0.05, 0) is 12.8 Å². The van der Waals surface area contributed by atoms with E-state index in [0.29, 0.717) is 13.0 Å². The van der Waals surface area contributed by atoms with Crippen molar-refractivity contribution in [2.45, 2.75) is 18.9 Å². The van der Waals surface area contributed by atoms with E-state index < -0.39 is 5.97 Å². The molecule has 64 valence electrons. The maximum atomic E-state index is 10.5. The predicted molar refractivity (Wildman–Crippen MR) is 39.3 cm³/mol. The minimum absolute atomic E-state index is 0.142. The fourth-order valence-electron chi connectivity index (χ4n) is 1.26. The monoisotopic (exact) mass is 159 g/mol. The molecule has 1 aliphatic rings. The van der Waals surface area contributed by atoms with Crippen LogP contribution in [-0.4, -0.2) is 46.8 Å². The zero-order valence-corrected chi connectivity index (χ0v) is 6.36. The summed E-state index contributed by atoms with van der Waals surface area (Å²) < 4.78 is 0. The summed E-state index contributed by atoms with van der Waals surface area (Å²) in [6.07, 6.45) is 1.42. The van der Waals surface area contributed by atoms with Crippen molar-refractivity contribution in [1.29, 1.82) is 0 Å². The molecule has 0 radical (unpaired) electrons. The molecule has 1 saturated heterocycles. The van der Waals surface area contributed by atoms with Gasteiger partial charge in [0.25, 0.3) is 0 Å². The Bertz CT molecular complexity index is 149. The largest absolute Gasteiger partial charge is 0.480 e. The fraction of sp³-hybridized carbons (Fsp3) is 0.857. The molecule has 1 heterocycles. The Morgan fingerprint density at radius 2 is 2.36 bits per heavy atom. The highest BCUT2D eigenvalue weighted by molar-refractivity contribution is 5.74. The van der Waals surface area contributed by atoms with Crippen molar-refractivity contribution in [3.63, 3.8) is 0 Å². The number of aliphatic carboxylic acids is 1. The van der Waals surface area contributed by atoms with Crippen molar-refractivity contribution in [3.05, 3.63) is 0 Å². The first-order chi connectivity index (χ1) is 5.25. The smallest absolute Gasteiger partial charge is 0.320 e. The van der Waals surface area contributed by atoms with Gasteiger partial charge in [-0.2, -0.15) is 0 Å². The second-order valence-corrected chi connectivity index (χ2v) is 2.76. The van der Waals surface area contributed by atoms with Crippen LogP contribution in [-0.2, 0) is 4.79 Å². The third kappa shape index (κ3) is 1.91. The second kappa shape index (κ2) is 3.69. The van der Waals surface area contributed by atoms with Gasteiger partial charge in [0.15, 0.2) is 0 Å². The van der Waals surface area contributed by atoms with Crippen molar-refractivity contribution in [3.8, 4) is 0 Å². The molecule has 4 nitrogen and oxygen atoms in total. The molecule has 0 aromatic heterocycles. The Morgan fingerprint density at radius 3 is 2.73 bits per heavy atom. The number of hydrogen-bond acceptors (Lipinski definition) is 3. The Balaban J connectivity index is 2.20. The standard InChI is InChI=1S/C7H13NO3/c9-5-1-3-8-4-2-6(8)7(10)11/h6,9H,1-5H2,(H,10,11)/t6-/m0/s1. The van der Waals surface area contributed by atoms with Gasteiger partial charge in [-0.3, -0.25) is 9.69 Å². The Labute approximate surface area is 65.4 Å². The molecule has 1 atom stereocenters. The third-order valence-corrected chi connectivity index (χ3v) is 2.02. The minimum atomic E-state index is -0.741. The summed E-state index contributed by atoms with van der Waals surface area (Å²) in [7, 11) is 0. The number of carboxylic acids is 1. The number of carbonyl (C=O) groups is 1. The summed E-state index contributed by atoms with van der Waals surface area (Å²) in [6.45, 7) is 1.70. The lowest BCUT2D eigenvalue weighted by molar-refractivity contribution is -0.148. The molecule has 0 aromatic rings.